The molecule has 2 amide bonds. The van der Waals surface area contributed by atoms with Gasteiger partial charge in [-0.25, -0.2) is 0 Å². The number of hydrogen-bond donors (Lipinski definition) is 2. The van der Waals surface area contributed by atoms with Gasteiger partial charge >= 0.3 is 12.1 Å². The lowest BCUT2D eigenvalue weighted by atomic mass is 10.0. The summed E-state index contributed by atoms with van der Waals surface area (Å²) in [6, 6.07) is 5.60. The third-order valence-corrected chi connectivity index (χ3v) is 2.90. The number of alkyl halides is 3. The van der Waals surface area contributed by atoms with Crippen LogP contribution in [0.4, 0.5) is 18.9 Å². The molecule has 0 fully saturated rings. The standard InChI is InChI=1S/C14H17F3N2O2/c1-8(2)11(19-13(21)14(15,16)17)12(20)18-10-7-5-4-6-9(10)3/h4-8,11H,1-3H3,(H,18,20)(H,19,21). The zero-order valence-electron chi connectivity index (χ0n) is 11.9. The third-order valence-electron chi connectivity index (χ3n) is 2.90. The molecule has 7 heteroatoms. The number of carbonyl (C=O) groups excluding carboxylic acids is 2. The first-order valence-electron chi connectivity index (χ1n) is 6.37. The zero-order chi connectivity index (χ0) is 16.2. The van der Waals surface area contributed by atoms with Crippen molar-refractivity contribution in [3.63, 3.8) is 0 Å². The van der Waals surface area contributed by atoms with Crippen molar-refractivity contribution in [2.24, 2.45) is 5.92 Å². The molecule has 2 N–H and O–H groups in total. The van der Waals surface area contributed by atoms with E-state index in [1.807, 2.05) is 0 Å². The minimum Gasteiger partial charge on any atom is -0.336 e. The van der Waals surface area contributed by atoms with Gasteiger partial charge in [0, 0.05) is 5.69 Å². The monoisotopic (exact) mass is 302 g/mol. The molecule has 0 radical (unpaired) electrons. The van der Waals surface area contributed by atoms with Crippen molar-refractivity contribution in [3.8, 4) is 0 Å². The first-order valence-corrected chi connectivity index (χ1v) is 6.37. The Morgan fingerprint density at radius 2 is 1.71 bits per heavy atom. The van der Waals surface area contributed by atoms with Crippen LogP contribution in [0.25, 0.3) is 0 Å². The van der Waals surface area contributed by atoms with E-state index < -0.39 is 30.0 Å². The van der Waals surface area contributed by atoms with Gasteiger partial charge in [0.15, 0.2) is 0 Å². The van der Waals surface area contributed by atoms with E-state index in [9.17, 15) is 22.8 Å². The smallest absolute Gasteiger partial charge is 0.336 e. The first-order chi connectivity index (χ1) is 9.62. The van der Waals surface area contributed by atoms with E-state index in [1.165, 1.54) is 0 Å². The van der Waals surface area contributed by atoms with Crippen LogP contribution < -0.4 is 10.6 Å². The van der Waals surface area contributed by atoms with Gasteiger partial charge < -0.3 is 10.6 Å². The van der Waals surface area contributed by atoms with Gasteiger partial charge in [0.25, 0.3) is 0 Å². The fourth-order valence-corrected chi connectivity index (χ4v) is 1.68. The van der Waals surface area contributed by atoms with Gasteiger partial charge in [0.2, 0.25) is 5.91 Å². The molecule has 1 atom stereocenters. The number of rotatable bonds is 4. The molecule has 116 valence electrons. The van der Waals surface area contributed by atoms with Crippen LogP contribution in [0.5, 0.6) is 0 Å². The van der Waals surface area contributed by atoms with Crippen LogP contribution >= 0.6 is 0 Å². The Kier molecular flexibility index (Phi) is 5.34. The minimum absolute atomic E-state index is 0.486. The molecule has 1 aromatic rings. The van der Waals surface area contributed by atoms with E-state index >= 15 is 0 Å². The van der Waals surface area contributed by atoms with E-state index in [4.69, 9.17) is 0 Å². The Balaban J connectivity index is 2.84. The second-order valence-electron chi connectivity index (χ2n) is 5.00. The largest absolute Gasteiger partial charge is 0.471 e. The second-order valence-corrected chi connectivity index (χ2v) is 5.00. The highest BCUT2D eigenvalue weighted by Crippen LogP contribution is 2.17. The van der Waals surface area contributed by atoms with Crippen molar-refractivity contribution in [2.45, 2.75) is 33.0 Å². The topological polar surface area (TPSA) is 58.2 Å². The van der Waals surface area contributed by atoms with Crippen molar-refractivity contribution < 1.29 is 22.8 Å². The average Bonchev–Trinajstić information content (AvgIpc) is 2.36. The molecule has 0 aliphatic rings. The molecule has 1 aromatic carbocycles. The molecule has 0 saturated heterocycles. The van der Waals surface area contributed by atoms with Crippen molar-refractivity contribution >= 4 is 17.5 Å². The van der Waals surface area contributed by atoms with Crippen molar-refractivity contribution in [1.82, 2.24) is 5.32 Å². The van der Waals surface area contributed by atoms with Crippen LogP contribution in [0.1, 0.15) is 19.4 Å². The molecule has 0 aromatic heterocycles. The van der Waals surface area contributed by atoms with Gasteiger partial charge in [0.05, 0.1) is 0 Å². The van der Waals surface area contributed by atoms with Gasteiger partial charge in [-0.15, -0.1) is 0 Å². The summed E-state index contributed by atoms with van der Waals surface area (Å²) in [7, 11) is 0. The molecule has 0 spiro atoms. The molecule has 0 aliphatic carbocycles. The quantitative estimate of drug-likeness (QED) is 0.898. The Labute approximate surface area is 120 Å². The van der Waals surface area contributed by atoms with Gasteiger partial charge in [-0.1, -0.05) is 32.0 Å². The molecule has 1 rings (SSSR count). The van der Waals surface area contributed by atoms with Crippen LogP contribution in [0.3, 0.4) is 0 Å². The van der Waals surface area contributed by atoms with Crippen molar-refractivity contribution in [3.05, 3.63) is 29.8 Å². The maximum absolute atomic E-state index is 12.3. The number of hydrogen-bond acceptors (Lipinski definition) is 2. The van der Waals surface area contributed by atoms with Crippen LogP contribution in [0.2, 0.25) is 0 Å². The van der Waals surface area contributed by atoms with E-state index in [-0.39, 0.29) is 0 Å². The van der Waals surface area contributed by atoms with Crippen LogP contribution in [-0.2, 0) is 9.59 Å². The fourth-order valence-electron chi connectivity index (χ4n) is 1.68. The molecule has 0 bridgehead atoms. The lowest BCUT2D eigenvalue weighted by molar-refractivity contribution is -0.175. The van der Waals surface area contributed by atoms with E-state index in [2.05, 4.69) is 5.32 Å². The van der Waals surface area contributed by atoms with Crippen molar-refractivity contribution in [1.29, 1.82) is 0 Å². The molecule has 4 nitrogen and oxygen atoms in total. The number of halogens is 3. The fraction of sp³-hybridized carbons (Fsp3) is 0.429. The second kappa shape index (κ2) is 6.60. The highest BCUT2D eigenvalue weighted by Gasteiger charge is 2.41. The Bertz CT molecular complexity index is 527. The minimum atomic E-state index is -5.02. The Morgan fingerprint density at radius 3 is 2.19 bits per heavy atom. The predicted octanol–water partition coefficient (Wildman–Crippen LogP) is 2.64. The number of carbonyl (C=O) groups is 2. The van der Waals surface area contributed by atoms with Gasteiger partial charge in [-0.2, -0.15) is 13.2 Å². The Hall–Kier alpha value is -2.05. The van der Waals surface area contributed by atoms with Gasteiger partial charge in [-0.3, -0.25) is 9.59 Å². The number of benzene rings is 1. The summed E-state index contributed by atoms with van der Waals surface area (Å²) in [6.45, 7) is 4.87. The normalized spacial score (nSPS) is 12.9. The predicted molar refractivity (Wildman–Crippen MR) is 72.6 cm³/mol. The summed E-state index contributed by atoms with van der Waals surface area (Å²) in [5.41, 5.74) is 1.27. The molecule has 21 heavy (non-hydrogen) atoms. The number of aryl methyl sites for hydroxylation is 1. The molecular formula is C14H17F3N2O2. The molecule has 1 unspecified atom stereocenters. The molecular weight excluding hydrogens is 285 g/mol. The molecule has 0 aliphatic heterocycles. The summed E-state index contributed by atoms with van der Waals surface area (Å²) >= 11 is 0. The van der Waals surface area contributed by atoms with Crippen molar-refractivity contribution in [2.75, 3.05) is 5.32 Å². The van der Waals surface area contributed by atoms with E-state index in [1.54, 1.807) is 50.4 Å². The molecule has 0 heterocycles. The highest BCUT2D eigenvalue weighted by atomic mass is 19.4. The van der Waals surface area contributed by atoms with Crippen LogP contribution in [0, 0.1) is 12.8 Å². The summed E-state index contributed by atoms with van der Waals surface area (Å²) in [5.74, 6) is -3.29. The number of anilines is 1. The van der Waals surface area contributed by atoms with Gasteiger partial charge in [0.1, 0.15) is 6.04 Å². The maximum atomic E-state index is 12.3. The third kappa shape index (κ3) is 4.77. The average molecular weight is 302 g/mol. The Morgan fingerprint density at radius 1 is 1.14 bits per heavy atom. The SMILES string of the molecule is Cc1ccccc1NC(=O)C(NC(=O)C(F)(F)F)C(C)C. The lowest BCUT2D eigenvalue weighted by Gasteiger charge is -2.22. The highest BCUT2D eigenvalue weighted by molar-refractivity contribution is 5.98. The summed E-state index contributed by atoms with van der Waals surface area (Å²) in [4.78, 5) is 23.1. The van der Waals surface area contributed by atoms with Crippen LogP contribution in [-0.4, -0.2) is 24.0 Å². The summed E-state index contributed by atoms with van der Waals surface area (Å²) in [5, 5.41) is 4.25. The first kappa shape index (κ1) is 17.0. The van der Waals surface area contributed by atoms with E-state index in [0.717, 1.165) is 5.56 Å². The van der Waals surface area contributed by atoms with E-state index in [0.29, 0.717) is 5.69 Å². The molecule has 0 saturated carbocycles. The number of amides is 2. The van der Waals surface area contributed by atoms with Crippen LogP contribution in [0.15, 0.2) is 24.3 Å². The maximum Gasteiger partial charge on any atom is 0.471 e. The summed E-state index contributed by atoms with van der Waals surface area (Å²) < 4.78 is 36.9. The summed E-state index contributed by atoms with van der Waals surface area (Å²) in [6.07, 6.45) is -5.02. The zero-order valence-corrected chi connectivity index (χ0v) is 11.9. The van der Waals surface area contributed by atoms with Gasteiger partial charge in [-0.05, 0) is 24.5 Å². The lowest BCUT2D eigenvalue weighted by Crippen LogP contribution is -2.51. The number of para-hydroxylation sites is 1. The number of nitrogens with one attached hydrogen (secondary N) is 2.